The van der Waals surface area contributed by atoms with Gasteiger partial charge in [0.2, 0.25) is 6.29 Å². The van der Waals surface area contributed by atoms with Gasteiger partial charge in [0.25, 0.3) is 0 Å². The van der Waals surface area contributed by atoms with E-state index >= 15 is 0 Å². The molecule has 1 rings (SSSR count). The SMILES string of the molecule is CCC(=O)OC[C@H]1O[C@H](OC(O)[C@@H](O)[C@@H](O)[C@H](O)[C@H](O)CO)[C@@H](OC(=O)CC)[C@@H](OC(=O)CC)[C@@H]1OC(=O)CC. The Bertz CT molecular complexity index is 821. The third-order valence-electron chi connectivity index (χ3n) is 5.80. The minimum atomic E-state index is -2.39. The van der Waals surface area contributed by atoms with Gasteiger partial charge in [-0.15, -0.1) is 0 Å². The lowest BCUT2D eigenvalue weighted by Gasteiger charge is -2.45. The summed E-state index contributed by atoms with van der Waals surface area (Å²) in [4.78, 5) is 48.7. The van der Waals surface area contributed by atoms with Gasteiger partial charge in [-0.2, -0.15) is 0 Å². The lowest BCUT2D eigenvalue weighted by molar-refractivity contribution is -0.349. The smallest absolute Gasteiger partial charge is 0.306 e. The van der Waals surface area contributed by atoms with Gasteiger partial charge in [-0.05, 0) is 0 Å². The van der Waals surface area contributed by atoms with E-state index in [1.165, 1.54) is 27.7 Å². The quantitative estimate of drug-likeness (QED) is 0.0618. The highest BCUT2D eigenvalue weighted by molar-refractivity contribution is 5.71. The fourth-order valence-corrected chi connectivity index (χ4v) is 3.43. The van der Waals surface area contributed by atoms with Gasteiger partial charge in [0.15, 0.2) is 24.6 Å². The van der Waals surface area contributed by atoms with E-state index in [2.05, 4.69) is 0 Å². The summed E-state index contributed by atoms with van der Waals surface area (Å²) >= 11 is 0. The first-order chi connectivity index (χ1) is 18.8. The molecule has 0 aromatic heterocycles. The Hall–Kier alpha value is -2.44. The number of carbonyl (C=O) groups excluding carboxylic acids is 4. The number of ether oxygens (including phenoxy) is 6. The zero-order valence-corrected chi connectivity index (χ0v) is 22.8. The molecule has 6 N–H and O–H groups in total. The molecule has 0 radical (unpaired) electrons. The van der Waals surface area contributed by atoms with Crippen molar-refractivity contribution in [1.29, 1.82) is 0 Å². The molecule has 232 valence electrons. The van der Waals surface area contributed by atoms with Crippen LogP contribution in [0.5, 0.6) is 0 Å². The van der Waals surface area contributed by atoms with Crippen molar-refractivity contribution in [3.63, 3.8) is 0 Å². The molecule has 0 aliphatic carbocycles. The molecule has 0 bridgehead atoms. The van der Waals surface area contributed by atoms with E-state index in [1.54, 1.807) is 0 Å². The molecule has 10 atom stereocenters. The van der Waals surface area contributed by atoms with Gasteiger partial charge in [-0.25, -0.2) is 0 Å². The topological polar surface area (TPSA) is 245 Å². The van der Waals surface area contributed by atoms with Gasteiger partial charge < -0.3 is 59.1 Å². The van der Waals surface area contributed by atoms with Gasteiger partial charge in [0.1, 0.15) is 37.1 Å². The summed E-state index contributed by atoms with van der Waals surface area (Å²) in [5.74, 6) is -3.11. The third kappa shape index (κ3) is 10.2. The van der Waals surface area contributed by atoms with E-state index in [-0.39, 0.29) is 25.7 Å². The summed E-state index contributed by atoms with van der Waals surface area (Å²) in [5.41, 5.74) is 0. The fourth-order valence-electron chi connectivity index (χ4n) is 3.43. The molecule has 0 spiro atoms. The summed E-state index contributed by atoms with van der Waals surface area (Å²) in [6.07, 6.45) is -19.5. The number of aliphatic hydroxyl groups excluding tert-OH is 6. The zero-order chi connectivity index (χ0) is 30.6. The van der Waals surface area contributed by atoms with Crippen LogP contribution in [0.15, 0.2) is 0 Å². The van der Waals surface area contributed by atoms with Crippen LogP contribution in [0.4, 0.5) is 0 Å². The Balaban J connectivity index is 3.47. The van der Waals surface area contributed by atoms with Gasteiger partial charge in [0.05, 0.1) is 6.61 Å². The van der Waals surface area contributed by atoms with E-state index in [4.69, 9.17) is 33.5 Å². The Morgan fingerprint density at radius 1 is 0.675 bits per heavy atom. The first-order valence-corrected chi connectivity index (χ1v) is 12.9. The molecule has 1 aliphatic rings. The second kappa shape index (κ2) is 17.4. The lowest BCUT2D eigenvalue weighted by Crippen LogP contribution is -2.64. The minimum absolute atomic E-state index is 0.0259. The molecule has 1 unspecified atom stereocenters. The van der Waals surface area contributed by atoms with E-state index in [1.807, 2.05) is 0 Å². The largest absolute Gasteiger partial charge is 0.463 e. The third-order valence-corrected chi connectivity index (χ3v) is 5.80. The van der Waals surface area contributed by atoms with E-state index in [9.17, 15) is 44.7 Å². The van der Waals surface area contributed by atoms with E-state index < -0.39 is 98.5 Å². The molecule has 0 saturated carbocycles. The van der Waals surface area contributed by atoms with Crippen molar-refractivity contribution in [3.8, 4) is 0 Å². The number of esters is 4. The number of aliphatic hydroxyl groups is 6. The van der Waals surface area contributed by atoms with Crippen molar-refractivity contribution in [3.05, 3.63) is 0 Å². The molecule has 40 heavy (non-hydrogen) atoms. The Morgan fingerprint density at radius 3 is 1.62 bits per heavy atom. The van der Waals surface area contributed by atoms with Crippen LogP contribution in [0.25, 0.3) is 0 Å². The van der Waals surface area contributed by atoms with Crippen LogP contribution in [-0.4, -0.2) is 129 Å². The van der Waals surface area contributed by atoms with Crippen molar-refractivity contribution in [2.24, 2.45) is 0 Å². The van der Waals surface area contributed by atoms with Crippen LogP contribution in [0.1, 0.15) is 53.4 Å². The monoisotopic (exact) mass is 584 g/mol. The maximum absolute atomic E-state index is 12.3. The van der Waals surface area contributed by atoms with Crippen molar-refractivity contribution in [2.45, 2.75) is 115 Å². The van der Waals surface area contributed by atoms with Crippen molar-refractivity contribution < 1.29 is 78.2 Å². The standard InChI is InChI=1S/C24H40O16/c1-5-13(27)35-10-12-20(37-14(28)6-2)21(38-15(29)7-3)22(39-16(30)8-4)24(36-12)40-23(34)19(33)18(32)17(31)11(26)9-25/h11-12,17-26,31-34H,5-10H2,1-4H3/t11-,12-,17-,18+,19+,20-,21+,22+,23?,24-/m1/s1. The Labute approximate surface area is 230 Å². The molecule has 1 aliphatic heterocycles. The fraction of sp³-hybridized carbons (Fsp3) is 0.833. The zero-order valence-electron chi connectivity index (χ0n) is 22.8. The van der Waals surface area contributed by atoms with Gasteiger partial charge >= 0.3 is 23.9 Å². The Morgan fingerprint density at radius 2 is 1.15 bits per heavy atom. The van der Waals surface area contributed by atoms with Crippen LogP contribution in [-0.2, 0) is 47.6 Å². The summed E-state index contributed by atoms with van der Waals surface area (Å²) < 4.78 is 32.3. The Kier molecular flexibility index (Phi) is 15.5. The maximum Gasteiger partial charge on any atom is 0.306 e. The van der Waals surface area contributed by atoms with Crippen LogP contribution in [0.2, 0.25) is 0 Å². The summed E-state index contributed by atoms with van der Waals surface area (Å²) in [7, 11) is 0. The molecular formula is C24H40O16. The second-order valence-corrected chi connectivity index (χ2v) is 8.75. The van der Waals surface area contributed by atoms with Gasteiger partial charge in [-0.3, -0.25) is 19.2 Å². The van der Waals surface area contributed by atoms with Crippen LogP contribution in [0.3, 0.4) is 0 Å². The number of rotatable bonds is 16. The van der Waals surface area contributed by atoms with Gasteiger partial charge in [-0.1, -0.05) is 27.7 Å². The molecule has 16 heteroatoms. The average Bonchev–Trinajstić information content (AvgIpc) is 2.96. The highest BCUT2D eigenvalue weighted by Gasteiger charge is 2.54. The molecular weight excluding hydrogens is 544 g/mol. The van der Waals surface area contributed by atoms with E-state index in [0.717, 1.165) is 0 Å². The first kappa shape index (κ1) is 35.6. The van der Waals surface area contributed by atoms with Crippen LogP contribution < -0.4 is 0 Å². The normalized spacial score (nSPS) is 26.5. The number of hydrogen-bond acceptors (Lipinski definition) is 16. The summed E-state index contributed by atoms with van der Waals surface area (Å²) in [6, 6.07) is 0. The molecule has 1 heterocycles. The van der Waals surface area contributed by atoms with Crippen molar-refractivity contribution in [1.82, 2.24) is 0 Å². The molecule has 16 nitrogen and oxygen atoms in total. The number of hydrogen-bond donors (Lipinski definition) is 6. The van der Waals surface area contributed by atoms with E-state index in [0.29, 0.717) is 0 Å². The first-order valence-electron chi connectivity index (χ1n) is 12.9. The highest BCUT2D eigenvalue weighted by Crippen LogP contribution is 2.31. The summed E-state index contributed by atoms with van der Waals surface area (Å²) in [5, 5.41) is 59.3. The van der Waals surface area contributed by atoms with Crippen LogP contribution >= 0.6 is 0 Å². The predicted molar refractivity (Wildman–Crippen MR) is 129 cm³/mol. The molecule has 0 aromatic carbocycles. The minimum Gasteiger partial charge on any atom is -0.463 e. The molecule has 0 amide bonds. The molecule has 1 fully saturated rings. The summed E-state index contributed by atoms with van der Waals surface area (Å²) in [6.45, 7) is 4.36. The molecule has 0 aromatic rings. The molecule has 1 saturated heterocycles. The second-order valence-electron chi connectivity index (χ2n) is 8.75. The van der Waals surface area contributed by atoms with Gasteiger partial charge in [0, 0.05) is 25.7 Å². The predicted octanol–water partition coefficient (Wildman–Crippen LogP) is -2.60. The highest BCUT2D eigenvalue weighted by atomic mass is 16.8. The van der Waals surface area contributed by atoms with Crippen LogP contribution in [0, 0.1) is 0 Å². The van der Waals surface area contributed by atoms with Crippen molar-refractivity contribution in [2.75, 3.05) is 13.2 Å². The lowest BCUT2D eigenvalue weighted by atomic mass is 9.97. The maximum atomic E-state index is 12.3. The average molecular weight is 585 g/mol. The number of carbonyl (C=O) groups is 4. The van der Waals surface area contributed by atoms with Crippen molar-refractivity contribution >= 4 is 23.9 Å².